The van der Waals surface area contributed by atoms with Gasteiger partial charge in [0.15, 0.2) is 0 Å². The SMILES string of the molecule is Nc1c(-c2cccc(F)c2)ccnc1C1CCCC1. The zero-order chi connectivity index (χ0) is 13.2. The predicted octanol–water partition coefficient (Wildman–Crippen LogP) is 4.13. The van der Waals surface area contributed by atoms with E-state index in [0.29, 0.717) is 11.6 Å². The van der Waals surface area contributed by atoms with E-state index in [1.54, 1.807) is 12.3 Å². The Labute approximate surface area is 112 Å². The zero-order valence-electron chi connectivity index (χ0n) is 10.8. The summed E-state index contributed by atoms with van der Waals surface area (Å²) in [6, 6.07) is 8.42. The number of nitrogens with zero attached hydrogens (tertiary/aromatic N) is 1. The van der Waals surface area contributed by atoms with Gasteiger partial charge in [-0.1, -0.05) is 25.0 Å². The minimum Gasteiger partial charge on any atom is -0.397 e. The molecule has 1 fully saturated rings. The first-order valence-corrected chi connectivity index (χ1v) is 6.76. The molecule has 3 rings (SSSR count). The topological polar surface area (TPSA) is 38.9 Å². The van der Waals surface area contributed by atoms with Gasteiger partial charge in [-0.3, -0.25) is 4.98 Å². The fourth-order valence-electron chi connectivity index (χ4n) is 2.92. The largest absolute Gasteiger partial charge is 0.397 e. The Morgan fingerprint density at radius 3 is 2.68 bits per heavy atom. The van der Waals surface area contributed by atoms with Crippen LogP contribution in [0.2, 0.25) is 0 Å². The van der Waals surface area contributed by atoms with Crippen molar-refractivity contribution in [1.29, 1.82) is 0 Å². The van der Waals surface area contributed by atoms with E-state index in [0.717, 1.165) is 29.7 Å². The van der Waals surface area contributed by atoms with Gasteiger partial charge in [0.2, 0.25) is 0 Å². The van der Waals surface area contributed by atoms with Crippen LogP contribution in [0.25, 0.3) is 11.1 Å². The molecule has 1 aliphatic rings. The molecule has 2 N–H and O–H groups in total. The van der Waals surface area contributed by atoms with E-state index in [4.69, 9.17) is 5.73 Å². The highest BCUT2D eigenvalue weighted by Crippen LogP contribution is 2.38. The summed E-state index contributed by atoms with van der Waals surface area (Å²) in [7, 11) is 0. The molecule has 0 radical (unpaired) electrons. The summed E-state index contributed by atoms with van der Waals surface area (Å²) in [5.41, 5.74) is 9.66. The van der Waals surface area contributed by atoms with Crippen LogP contribution in [0.3, 0.4) is 0 Å². The van der Waals surface area contributed by atoms with E-state index in [1.165, 1.54) is 25.0 Å². The molecular formula is C16H17FN2. The normalized spacial score (nSPS) is 15.8. The van der Waals surface area contributed by atoms with Crippen molar-refractivity contribution >= 4 is 5.69 Å². The van der Waals surface area contributed by atoms with Crippen LogP contribution in [0, 0.1) is 5.82 Å². The molecule has 0 atom stereocenters. The van der Waals surface area contributed by atoms with Crippen molar-refractivity contribution < 1.29 is 4.39 Å². The second kappa shape index (κ2) is 5.00. The van der Waals surface area contributed by atoms with Crippen molar-refractivity contribution in [3.8, 4) is 11.1 Å². The van der Waals surface area contributed by atoms with Crippen molar-refractivity contribution in [3.63, 3.8) is 0 Å². The maximum Gasteiger partial charge on any atom is 0.123 e. The Hall–Kier alpha value is -1.90. The van der Waals surface area contributed by atoms with Crippen LogP contribution in [0.15, 0.2) is 36.5 Å². The molecule has 0 saturated heterocycles. The molecule has 1 heterocycles. The van der Waals surface area contributed by atoms with E-state index < -0.39 is 0 Å². The van der Waals surface area contributed by atoms with Crippen LogP contribution in [-0.2, 0) is 0 Å². The maximum absolute atomic E-state index is 13.3. The molecule has 19 heavy (non-hydrogen) atoms. The van der Waals surface area contributed by atoms with Crippen molar-refractivity contribution in [2.45, 2.75) is 31.6 Å². The lowest BCUT2D eigenvalue weighted by molar-refractivity contribution is 0.628. The first-order valence-electron chi connectivity index (χ1n) is 6.76. The Morgan fingerprint density at radius 2 is 1.95 bits per heavy atom. The van der Waals surface area contributed by atoms with Gasteiger partial charge in [-0.25, -0.2) is 4.39 Å². The number of hydrogen-bond acceptors (Lipinski definition) is 2. The minimum absolute atomic E-state index is 0.240. The third-order valence-electron chi connectivity index (χ3n) is 3.90. The summed E-state index contributed by atoms with van der Waals surface area (Å²) in [6.07, 6.45) is 6.59. The quantitative estimate of drug-likeness (QED) is 0.877. The van der Waals surface area contributed by atoms with Crippen LogP contribution >= 0.6 is 0 Å². The van der Waals surface area contributed by atoms with E-state index in [-0.39, 0.29) is 5.82 Å². The summed E-state index contributed by atoms with van der Waals surface area (Å²) in [6.45, 7) is 0. The molecule has 0 unspecified atom stereocenters. The van der Waals surface area contributed by atoms with Crippen molar-refractivity contribution in [1.82, 2.24) is 4.98 Å². The molecular weight excluding hydrogens is 239 g/mol. The fraction of sp³-hybridized carbons (Fsp3) is 0.312. The second-order valence-electron chi connectivity index (χ2n) is 5.15. The Kier molecular flexibility index (Phi) is 3.20. The number of halogens is 1. The molecule has 2 aromatic rings. The van der Waals surface area contributed by atoms with Crippen molar-refractivity contribution in [3.05, 3.63) is 48.0 Å². The molecule has 1 saturated carbocycles. The smallest absolute Gasteiger partial charge is 0.123 e. The van der Waals surface area contributed by atoms with Gasteiger partial charge in [0.05, 0.1) is 11.4 Å². The van der Waals surface area contributed by atoms with Crippen LogP contribution in [-0.4, -0.2) is 4.98 Å². The van der Waals surface area contributed by atoms with Crippen LogP contribution in [0.4, 0.5) is 10.1 Å². The summed E-state index contributed by atoms with van der Waals surface area (Å²) >= 11 is 0. The lowest BCUT2D eigenvalue weighted by atomic mass is 9.96. The third kappa shape index (κ3) is 2.33. The average Bonchev–Trinajstić information content (AvgIpc) is 2.93. The zero-order valence-corrected chi connectivity index (χ0v) is 10.8. The van der Waals surface area contributed by atoms with Gasteiger partial charge in [-0.15, -0.1) is 0 Å². The molecule has 98 valence electrons. The molecule has 0 aliphatic heterocycles. The van der Waals surface area contributed by atoms with Crippen LogP contribution in [0.5, 0.6) is 0 Å². The number of hydrogen-bond donors (Lipinski definition) is 1. The summed E-state index contributed by atoms with van der Waals surface area (Å²) in [4.78, 5) is 4.45. The first-order chi connectivity index (χ1) is 9.25. The molecule has 0 bridgehead atoms. The highest BCUT2D eigenvalue weighted by molar-refractivity contribution is 5.77. The van der Waals surface area contributed by atoms with E-state index in [1.807, 2.05) is 12.1 Å². The van der Waals surface area contributed by atoms with Gasteiger partial charge < -0.3 is 5.73 Å². The second-order valence-corrected chi connectivity index (χ2v) is 5.15. The highest BCUT2D eigenvalue weighted by Gasteiger charge is 2.22. The number of pyridine rings is 1. The maximum atomic E-state index is 13.3. The number of nitrogens with two attached hydrogens (primary N) is 1. The van der Waals surface area contributed by atoms with Crippen LogP contribution < -0.4 is 5.73 Å². The number of benzene rings is 1. The molecule has 0 amide bonds. The van der Waals surface area contributed by atoms with Gasteiger partial charge in [-0.05, 0) is 36.6 Å². The Morgan fingerprint density at radius 1 is 1.16 bits per heavy atom. The number of nitrogen functional groups attached to an aromatic ring is 1. The van der Waals surface area contributed by atoms with E-state index >= 15 is 0 Å². The molecule has 2 nitrogen and oxygen atoms in total. The Bertz CT molecular complexity index is 589. The lowest BCUT2D eigenvalue weighted by Crippen LogP contribution is -2.04. The van der Waals surface area contributed by atoms with Gasteiger partial charge in [0.1, 0.15) is 5.82 Å². The van der Waals surface area contributed by atoms with E-state index in [2.05, 4.69) is 4.98 Å². The standard InChI is InChI=1S/C16H17FN2/c17-13-7-3-6-12(10-13)14-8-9-19-16(15(14)18)11-4-1-2-5-11/h3,6-11H,1-2,4-5,18H2. The van der Waals surface area contributed by atoms with Crippen molar-refractivity contribution in [2.24, 2.45) is 0 Å². The van der Waals surface area contributed by atoms with Crippen LogP contribution in [0.1, 0.15) is 37.3 Å². The Balaban J connectivity index is 2.05. The lowest BCUT2D eigenvalue weighted by Gasteiger charge is -2.14. The minimum atomic E-state index is -0.240. The third-order valence-corrected chi connectivity index (χ3v) is 3.90. The fourth-order valence-corrected chi connectivity index (χ4v) is 2.92. The number of aromatic nitrogens is 1. The van der Waals surface area contributed by atoms with E-state index in [9.17, 15) is 4.39 Å². The monoisotopic (exact) mass is 256 g/mol. The number of rotatable bonds is 2. The highest BCUT2D eigenvalue weighted by atomic mass is 19.1. The average molecular weight is 256 g/mol. The van der Waals surface area contributed by atoms with Gasteiger partial charge in [-0.2, -0.15) is 0 Å². The van der Waals surface area contributed by atoms with Gasteiger partial charge in [0.25, 0.3) is 0 Å². The summed E-state index contributed by atoms with van der Waals surface area (Å²) in [5.74, 6) is 0.227. The molecule has 1 aromatic carbocycles. The molecule has 0 spiro atoms. The molecule has 1 aliphatic carbocycles. The first kappa shape index (κ1) is 12.2. The predicted molar refractivity (Wildman–Crippen MR) is 75.3 cm³/mol. The summed E-state index contributed by atoms with van der Waals surface area (Å²) < 4.78 is 13.3. The van der Waals surface area contributed by atoms with Gasteiger partial charge in [0, 0.05) is 17.7 Å². The summed E-state index contributed by atoms with van der Waals surface area (Å²) in [5, 5.41) is 0. The van der Waals surface area contributed by atoms with Gasteiger partial charge >= 0.3 is 0 Å². The molecule has 1 aromatic heterocycles. The molecule has 3 heteroatoms. The van der Waals surface area contributed by atoms with Crippen molar-refractivity contribution in [2.75, 3.05) is 5.73 Å². The number of anilines is 1.